The third-order valence-electron chi connectivity index (χ3n) is 2.63. The first-order valence-electron chi connectivity index (χ1n) is 5.40. The Morgan fingerprint density at radius 3 is 3.21 bits per heavy atom. The van der Waals surface area contributed by atoms with Gasteiger partial charge in [0, 0.05) is 10.9 Å². The van der Waals surface area contributed by atoms with E-state index in [2.05, 4.69) is 35.0 Å². The van der Waals surface area contributed by atoms with Crippen LogP contribution in [0.5, 0.6) is 0 Å². The Kier molecular flexibility index (Phi) is 3.78. The first-order chi connectivity index (χ1) is 6.95. The van der Waals surface area contributed by atoms with E-state index in [-0.39, 0.29) is 0 Å². The molecule has 1 aliphatic heterocycles. The maximum absolute atomic E-state index is 3.56. The van der Waals surface area contributed by atoms with E-state index in [1.165, 1.54) is 37.1 Å². The SMILES string of the molecule is C(=C/[C@H]1CCCCCN1)/c1cccs1. The summed E-state index contributed by atoms with van der Waals surface area (Å²) in [7, 11) is 0. The van der Waals surface area contributed by atoms with E-state index in [1.807, 2.05) is 0 Å². The van der Waals surface area contributed by atoms with Crippen LogP contribution in [0.1, 0.15) is 30.6 Å². The van der Waals surface area contributed by atoms with Crippen LogP contribution < -0.4 is 5.32 Å². The summed E-state index contributed by atoms with van der Waals surface area (Å²) >= 11 is 1.80. The Labute approximate surface area is 89.8 Å². The zero-order valence-corrected chi connectivity index (χ0v) is 9.22. The highest BCUT2D eigenvalue weighted by Gasteiger charge is 2.07. The molecule has 1 atom stereocenters. The minimum atomic E-state index is 0.597. The largest absolute Gasteiger partial charge is 0.311 e. The summed E-state index contributed by atoms with van der Waals surface area (Å²) in [5.41, 5.74) is 0. The van der Waals surface area contributed by atoms with Crippen molar-refractivity contribution >= 4 is 17.4 Å². The Bertz CT molecular complexity index is 269. The van der Waals surface area contributed by atoms with Crippen LogP contribution in [0, 0.1) is 0 Å². The molecule has 1 aromatic rings. The predicted octanol–water partition coefficient (Wildman–Crippen LogP) is 3.29. The van der Waals surface area contributed by atoms with Gasteiger partial charge in [0.25, 0.3) is 0 Å². The van der Waals surface area contributed by atoms with E-state index in [0.29, 0.717) is 6.04 Å². The number of nitrogens with one attached hydrogen (secondary N) is 1. The fourth-order valence-corrected chi connectivity index (χ4v) is 2.45. The zero-order valence-electron chi connectivity index (χ0n) is 8.41. The zero-order chi connectivity index (χ0) is 9.64. The molecule has 2 rings (SSSR count). The van der Waals surface area contributed by atoms with Crippen LogP contribution >= 0.6 is 11.3 Å². The molecule has 0 bridgehead atoms. The van der Waals surface area contributed by atoms with Crippen molar-refractivity contribution in [3.63, 3.8) is 0 Å². The molecule has 1 aromatic heterocycles. The lowest BCUT2D eigenvalue weighted by molar-refractivity contribution is 0.599. The van der Waals surface area contributed by atoms with Crippen molar-refractivity contribution in [1.82, 2.24) is 5.32 Å². The topological polar surface area (TPSA) is 12.0 Å². The summed E-state index contributed by atoms with van der Waals surface area (Å²) in [5.74, 6) is 0. The van der Waals surface area contributed by atoms with Crippen LogP contribution in [0.3, 0.4) is 0 Å². The number of rotatable bonds is 2. The van der Waals surface area contributed by atoms with Crippen molar-refractivity contribution in [3.8, 4) is 0 Å². The lowest BCUT2D eigenvalue weighted by Crippen LogP contribution is -2.25. The second-order valence-corrected chi connectivity index (χ2v) is 4.76. The summed E-state index contributed by atoms with van der Waals surface area (Å²) in [4.78, 5) is 1.36. The van der Waals surface area contributed by atoms with Crippen LogP contribution in [0.15, 0.2) is 23.6 Å². The van der Waals surface area contributed by atoms with Gasteiger partial charge in [-0.1, -0.05) is 25.0 Å². The van der Waals surface area contributed by atoms with Crippen molar-refractivity contribution in [2.75, 3.05) is 6.54 Å². The van der Waals surface area contributed by atoms with Crippen molar-refractivity contribution in [3.05, 3.63) is 28.5 Å². The highest BCUT2D eigenvalue weighted by molar-refractivity contribution is 7.10. The molecule has 0 aliphatic carbocycles. The van der Waals surface area contributed by atoms with E-state index < -0.39 is 0 Å². The maximum Gasteiger partial charge on any atom is 0.0267 e. The molecule has 0 radical (unpaired) electrons. The van der Waals surface area contributed by atoms with Gasteiger partial charge in [0.2, 0.25) is 0 Å². The average molecular weight is 207 g/mol. The van der Waals surface area contributed by atoms with Crippen LogP contribution in [-0.2, 0) is 0 Å². The summed E-state index contributed by atoms with van der Waals surface area (Å²) in [6.45, 7) is 1.18. The van der Waals surface area contributed by atoms with Gasteiger partial charge in [-0.05, 0) is 36.9 Å². The Morgan fingerprint density at radius 1 is 1.36 bits per heavy atom. The first kappa shape index (κ1) is 9.94. The molecule has 0 saturated carbocycles. The Morgan fingerprint density at radius 2 is 2.36 bits per heavy atom. The van der Waals surface area contributed by atoms with E-state index in [4.69, 9.17) is 0 Å². The quantitative estimate of drug-likeness (QED) is 0.784. The Balaban J connectivity index is 1.89. The second-order valence-electron chi connectivity index (χ2n) is 3.78. The average Bonchev–Trinajstić information content (AvgIpc) is 2.58. The summed E-state index contributed by atoms with van der Waals surface area (Å²) < 4.78 is 0. The number of thiophene rings is 1. The summed E-state index contributed by atoms with van der Waals surface area (Å²) in [5, 5.41) is 5.69. The minimum absolute atomic E-state index is 0.597. The monoisotopic (exact) mass is 207 g/mol. The molecule has 1 saturated heterocycles. The normalized spacial score (nSPS) is 23.9. The molecular formula is C12H17NS. The van der Waals surface area contributed by atoms with Crippen LogP contribution in [-0.4, -0.2) is 12.6 Å². The molecule has 1 aliphatic rings. The van der Waals surface area contributed by atoms with Crippen LogP contribution in [0.4, 0.5) is 0 Å². The predicted molar refractivity (Wildman–Crippen MR) is 63.6 cm³/mol. The fraction of sp³-hybridized carbons (Fsp3) is 0.500. The van der Waals surface area contributed by atoms with Crippen molar-refractivity contribution < 1.29 is 0 Å². The maximum atomic E-state index is 3.56. The van der Waals surface area contributed by atoms with Crippen molar-refractivity contribution in [2.24, 2.45) is 0 Å². The van der Waals surface area contributed by atoms with Crippen LogP contribution in [0.25, 0.3) is 6.08 Å². The van der Waals surface area contributed by atoms with Crippen molar-refractivity contribution in [2.45, 2.75) is 31.7 Å². The van der Waals surface area contributed by atoms with Gasteiger partial charge in [-0.25, -0.2) is 0 Å². The number of hydrogen-bond donors (Lipinski definition) is 1. The van der Waals surface area contributed by atoms with Gasteiger partial charge in [-0.15, -0.1) is 11.3 Å². The van der Waals surface area contributed by atoms with Gasteiger partial charge in [0.05, 0.1) is 0 Å². The molecule has 0 spiro atoms. The number of hydrogen-bond acceptors (Lipinski definition) is 2. The molecule has 2 heterocycles. The van der Waals surface area contributed by atoms with E-state index in [1.54, 1.807) is 11.3 Å². The highest BCUT2D eigenvalue weighted by Crippen LogP contribution is 2.14. The minimum Gasteiger partial charge on any atom is -0.311 e. The van der Waals surface area contributed by atoms with Gasteiger partial charge < -0.3 is 5.32 Å². The van der Waals surface area contributed by atoms with Gasteiger partial charge >= 0.3 is 0 Å². The third-order valence-corrected chi connectivity index (χ3v) is 3.47. The van der Waals surface area contributed by atoms with E-state index >= 15 is 0 Å². The molecule has 14 heavy (non-hydrogen) atoms. The molecule has 0 amide bonds. The lowest BCUT2D eigenvalue weighted by Gasteiger charge is -2.09. The van der Waals surface area contributed by atoms with Gasteiger partial charge in [-0.2, -0.15) is 0 Å². The molecule has 1 nitrogen and oxygen atoms in total. The molecule has 76 valence electrons. The van der Waals surface area contributed by atoms with E-state index in [9.17, 15) is 0 Å². The first-order valence-corrected chi connectivity index (χ1v) is 6.28. The second kappa shape index (κ2) is 5.32. The lowest BCUT2D eigenvalue weighted by atomic mass is 10.1. The highest BCUT2D eigenvalue weighted by atomic mass is 32.1. The molecule has 1 fully saturated rings. The summed E-state index contributed by atoms with van der Waals surface area (Å²) in [6.07, 6.45) is 9.94. The molecule has 1 N–H and O–H groups in total. The van der Waals surface area contributed by atoms with Crippen molar-refractivity contribution in [1.29, 1.82) is 0 Å². The smallest absolute Gasteiger partial charge is 0.0267 e. The molecule has 2 heteroatoms. The molecular weight excluding hydrogens is 190 g/mol. The summed E-state index contributed by atoms with van der Waals surface area (Å²) in [6, 6.07) is 4.86. The Hall–Kier alpha value is -0.600. The van der Waals surface area contributed by atoms with Gasteiger partial charge in [0.15, 0.2) is 0 Å². The fourth-order valence-electron chi connectivity index (χ4n) is 1.82. The van der Waals surface area contributed by atoms with Gasteiger partial charge in [0.1, 0.15) is 0 Å². The third kappa shape index (κ3) is 2.96. The molecule has 0 aromatic carbocycles. The standard InChI is InChI=1S/C12H17NS/c1-2-5-11(13-9-3-1)7-8-12-6-4-10-14-12/h4,6-8,10-11,13H,1-3,5,9H2/b8-7-/t11-/m1/s1. The van der Waals surface area contributed by atoms with Gasteiger partial charge in [-0.3, -0.25) is 0 Å². The van der Waals surface area contributed by atoms with E-state index in [0.717, 1.165) is 0 Å². The molecule has 0 unspecified atom stereocenters. The van der Waals surface area contributed by atoms with Crippen LogP contribution in [0.2, 0.25) is 0 Å².